The second-order valence-electron chi connectivity index (χ2n) is 31.9. The van der Waals surface area contributed by atoms with Crippen LogP contribution in [0.25, 0.3) is 0 Å². The van der Waals surface area contributed by atoms with Crippen molar-refractivity contribution < 1.29 is 262 Å². The Bertz CT molecular complexity index is 3310. The van der Waals surface area contributed by atoms with Crippen LogP contribution in [0.3, 0.4) is 0 Å². The summed E-state index contributed by atoms with van der Waals surface area (Å²) >= 11 is 0. The summed E-state index contributed by atoms with van der Waals surface area (Å²) < 4.78 is 121. The summed E-state index contributed by atoms with van der Waals surface area (Å²) in [5.74, 6) is -2.17. The summed E-state index contributed by atoms with van der Waals surface area (Å²) in [6.45, 7) is -4.45. The summed E-state index contributed by atoms with van der Waals surface area (Å²) in [7, 11) is 0. The monoisotopic (exact) mass is 1830 g/mol. The normalized spacial score (nSPS) is 49.9. The number of aldehydes is 1. The molecule has 55 heteroatoms. The quantitative estimate of drug-likeness (QED) is 0.0266. The van der Waals surface area contributed by atoms with E-state index in [1.807, 2.05) is 0 Å². The van der Waals surface area contributed by atoms with Gasteiger partial charge in [-0.2, -0.15) is 0 Å². The zero-order chi connectivity index (χ0) is 92.3. The average Bonchev–Trinajstić information content (AvgIpc) is 0.756. The van der Waals surface area contributed by atoms with Crippen LogP contribution in [0.1, 0.15) is 34.6 Å². The van der Waals surface area contributed by atoms with Crippen molar-refractivity contribution in [2.24, 2.45) is 0 Å². The molecule has 2 amide bonds. The molecule has 0 aromatic heterocycles. The number of carbonyl (C=O) groups is 3. The number of hydrogen-bond donors (Lipinski definition) is 32. The standard InChI is InChI=1S/C70H118N2O53/c1-15-31(85)40(94)45(99)63(107-15)120-55-29(71-18(4)81)61(114-26(12-79)54(55)119-70-60(125-65-47(101)42(96)33(87)17(3)109-65)59(38(92)25(11-78)113-70)124-67-49(103)44(98)36(90)23(9-76)111-67)106-14-28-39(93)58(51(105)69(116-28)117-52(21(84)7-74)34(88)20(83)6-73)122-62-30(72-19(5)82)56(121-64-46(100)41(95)32(86)16(2)108-64)53(27(13-80)115-62)118-68-50(104)57(37(91)24(10-77)112-68)123-66-48(102)43(97)35(89)22(8-75)110-66/h6,15-17,20-70,74-80,83-105H,7-14H2,1-5H3,(H,71,81)(H,72,82)/t15-,16-,17-,20-,21+,22+,23+,24+,25+,26+,27+,28+,29+,30+,31+,32+,33+,34+,35-,36-,37-,38-,39-,40+,41+,42+,43-,44-,45?,46-,47-,48+,49+,50+,51+,52+,53+,54+,55+,56+,57-,58-,59-,60+,61+,62-,63-,64-,65-,66+,67+,68-,69-,70-/m0/s1. The predicted octanol–water partition coefficient (Wildman–Crippen LogP) is -21.8. The third-order valence-corrected chi connectivity index (χ3v) is 23.2. The molecule has 0 aliphatic carbocycles. The minimum atomic E-state index is -2.67. The van der Waals surface area contributed by atoms with Crippen molar-refractivity contribution in [3.8, 4) is 0 Å². The van der Waals surface area contributed by atoms with Gasteiger partial charge in [-0.25, -0.2) is 0 Å². The van der Waals surface area contributed by atoms with Crippen LogP contribution in [-0.4, -0.2) is 556 Å². The van der Waals surface area contributed by atoms with E-state index >= 15 is 0 Å². The third kappa shape index (κ3) is 22.7. The van der Waals surface area contributed by atoms with E-state index in [0.29, 0.717) is 0 Å². The van der Waals surface area contributed by atoms with Crippen molar-refractivity contribution in [2.45, 2.75) is 366 Å². The van der Waals surface area contributed by atoms with Crippen LogP contribution >= 0.6 is 0 Å². The highest BCUT2D eigenvalue weighted by molar-refractivity contribution is 5.73. The van der Waals surface area contributed by atoms with Crippen LogP contribution in [-0.2, 0) is 109 Å². The minimum absolute atomic E-state index is 0.256. The average molecular weight is 1840 g/mol. The number of hydrogen-bond acceptors (Lipinski definition) is 53. The maximum Gasteiger partial charge on any atom is 0.217 e. The molecule has 10 fully saturated rings. The van der Waals surface area contributed by atoms with Crippen molar-refractivity contribution in [1.82, 2.24) is 10.6 Å². The van der Waals surface area contributed by atoms with Crippen LogP contribution in [0.4, 0.5) is 0 Å². The lowest BCUT2D eigenvalue weighted by molar-refractivity contribution is -0.408. The summed E-state index contributed by atoms with van der Waals surface area (Å²) in [6, 6.07) is -4.30. The largest absolute Gasteiger partial charge is 0.394 e. The number of nitrogens with one attached hydrogen (secondary N) is 2. The molecule has 125 heavy (non-hydrogen) atoms. The summed E-state index contributed by atoms with van der Waals surface area (Å²) in [6.07, 6.45) is -113. The Balaban J connectivity index is 1.03. The maximum atomic E-state index is 13.8. The van der Waals surface area contributed by atoms with E-state index in [4.69, 9.17) is 94.7 Å². The van der Waals surface area contributed by atoms with E-state index in [1.165, 1.54) is 20.8 Å². The lowest BCUT2D eigenvalue weighted by Gasteiger charge is -2.52. The van der Waals surface area contributed by atoms with Gasteiger partial charge in [0.25, 0.3) is 0 Å². The first kappa shape index (κ1) is 104. The fourth-order valence-electron chi connectivity index (χ4n) is 16.0. The summed E-state index contributed by atoms with van der Waals surface area (Å²) in [5.41, 5.74) is 0. The van der Waals surface area contributed by atoms with Gasteiger partial charge in [0, 0.05) is 13.8 Å². The Morgan fingerprint density at radius 1 is 0.304 bits per heavy atom. The lowest BCUT2D eigenvalue weighted by atomic mass is 9.93. The fraction of sp³-hybridized carbons (Fsp3) is 0.957. The van der Waals surface area contributed by atoms with Crippen LogP contribution in [0.5, 0.6) is 0 Å². The van der Waals surface area contributed by atoms with Crippen molar-refractivity contribution in [3.63, 3.8) is 0 Å². The SMILES string of the molecule is CC(=O)N[C@H]1[C@H](O[C@H]2[C@@H](O)[C@@H](CO[C@@H]3O[C@H](CO)[C@@H](O[C@@H]4O[C@H](CO)[C@H](O)[C@H](O[C@H]5O[C@H](CO)[C@H](O)[C@H](O)[C@H]5O)[C@H]4O[C@@H]4O[C@@H](C)[C@@H](O)[C@@H](O)[C@@H]4O)[C@H](O[C@@H]4O[C@@H](C)[C@@H](O)[C@@H](O)C4O)[C@H]3NC(C)=O)O[C@@H](O[C@@H]([C@H](O)[C@@H](O)C=O)[C@H](O)CO)[C@@H]2O)O[C@H](CO)[C@@H](O[C@@H]2O[C@H](CO)[C@H](O)[C@H](O[C@H]3O[C@H](CO)[C@H](O)[C@H](O)[C@H]3O)[C@H]2O)[C@@H]1O[C@@H]1O[C@@H](C)[C@@H](O)[C@@H](O)[C@@H]1O. The first-order chi connectivity index (χ1) is 59.0. The Labute approximate surface area is 708 Å². The predicted molar refractivity (Wildman–Crippen MR) is 382 cm³/mol. The molecule has 0 bridgehead atoms. The molecule has 0 spiro atoms. The molecule has 0 aromatic carbocycles. The van der Waals surface area contributed by atoms with Crippen molar-refractivity contribution in [3.05, 3.63) is 0 Å². The second-order valence-corrected chi connectivity index (χ2v) is 31.9. The van der Waals surface area contributed by atoms with Gasteiger partial charge in [0.15, 0.2) is 69.2 Å². The van der Waals surface area contributed by atoms with Crippen molar-refractivity contribution >= 4 is 18.1 Å². The first-order valence-corrected chi connectivity index (χ1v) is 40.0. The molecular formula is C70H118N2O53. The Hall–Kier alpha value is -3.39. The van der Waals surface area contributed by atoms with Crippen LogP contribution < -0.4 is 10.6 Å². The second kappa shape index (κ2) is 45.1. The topological polar surface area (TPSA) is 867 Å². The summed E-state index contributed by atoms with van der Waals surface area (Å²) in [5, 5.41) is 339. The van der Waals surface area contributed by atoms with Gasteiger partial charge in [-0.3, -0.25) is 9.59 Å². The minimum Gasteiger partial charge on any atom is -0.394 e. The van der Waals surface area contributed by atoms with Gasteiger partial charge in [-0.1, -0.05) is 0 Å². The molecule has 10 saturated heterocycles. The maximum absolute atomic E-state index is 13.8. The molecule has 1 unspecified atom stereocenters. The number of rotatable bonds is 34. The van der Waals surface area contributed by atoms with Gasteiger partial charge in [0.05, 0.1) is 71.2 Å². The van der Waals surface area contributed by atoms with E-state index in [0.717, 1.165) is 13.8 Å². The van der Waals surface area contributed by atoms with Crippen LogP contribution in [0, 0.1) is 0 Å². The van der Waals surface area contributed by atoms with E-state index in [9.17, 15) is 168 Å². The molecule has 32 N–H and O–H groups in total. The van der Waals surface area contributed by atoms with Gasteiger partial charge in [-0.15, -0.1) is 0 Å². The molecule has 54 atom stereocenters. The molecule has 10 aliphatic rings. The zero-order valence-corrected chi connectivity index (χ0v) is 67.2. The van der Waals surface area contributed by atoms with Gasteiger partial charge in [0.1, 0.15) is 250 Å². The number of aliphatic hydroxyl groups excluding tert-OH is 30. The molecule has 10 aliphatic heterocycles. The van der Waals surface area contributed by atoms with Crippen molar-refractivity contribution in [1.29, 1.82) is 0 Å². The highest BCUT2D eigenvalue weighted by Gasteiger charge is 2.63. The number of ether oxygens (including phenoxy) is 20. The Morgan fingerprint density at radius 3 is 0.992 bits per heavy atom. The van der Waals surface area contributed by atoms with Crippen LogP contribution in [0.2, 0.25) is 0 Å². The third-order valence-electron chi connectivity index (χ3n) is 23.2. The lowest BCUT2D eigenvalue weighted by Crippen LogP contribution is -2.71. The number of amides is 2. The van der Waals surface area contributed by atoms with Crippen LogP contribution in [0.15, 0.2) is 0 Å². The Kier molecular flexibility index (Phi) is 37.4. The molecule has 0 saturated carbocycles. The fourth-order valence-corrected chi connectivity index (χ4v) is 16.0. The van der Waals surface area contributed by atoms with Gasteiger partial charge in [0.2, 0.25) is 11.8 Å². The highest BCUT2D eigenvalue weighted by Crippen LogP contribution is 2.42. The molecular weight excluding hydrogens is 1720 g/mol. The van der Waals surface area contributed by atoms with Gasteiger partial charge in [-0.05, 0) is 20.8 Å². The Morgan fingerprint density at radius 2 is 0.592 bits per heavy atom. The number of carbonyl (C=O) groups excluding carboxylic acids is 3. The van der Waals surface area contributed by atoms with E-state index in [1.54, 1.807) is 0 Å². The smallest absolute Gasteiger partial charge is 0.217 e. The van der Waals surface area contributed by atoms with Gasteiger partial charge < -0.3 is 263 Å². The van der Waals surface area contributed by atoms with E-state index in [2.05, 4.69) is 10.6 Å². The van der Waals surface area contributed by atoms with E-state index < -0.39 is 396 Å². The first-order valence-electron chi connectivity index (χ1n) is 40.0. The molecule has 55 nitrogen and oxygen atoms in total. The molecule has 726 valence electrons. The highest BCUT2D eigenvalue weighted by atomic mass is 16.8. The zero-order valence-electron chi connectivity index (χ0n) is 67.2. The molecule has 10 heterocycles. The molecule has 0 aromatic rings. The summed E-state index contributed by atoms with van der Waals surface area (Å²) in [4.78, 5) is 39.5. The molecule has 10 rings (SSSR count). The molecule has 0 radical (unpaired) electrons. The van der Waals surface area contributed by atoms with Crippen molar-refractivity contribution in [2.75, 3.05) is 52.9 Å². The van der Waals surface area contributed by atoms with Gasteiger partial charge >= 0.3 is 0 Å². The van der Waals surface area contributed by atoms with E-state index in [-0.39, 0.29) is 6.29 Å². The number of aliphatic hydroxyl groups is 30.